The lowest BCUT2D eigenvalue weighted by molar-refractivity contribution is -0.119. The lowest BCUT2D eigenvalue weighted by Gasteiger charge is -2.12. The Morgan fingerprint density at radius 2 is 1.75 bits per heavy atom. The molecule has 0 atom stereocenters. The number of methoxy groups -OCH3 is 2. The van der Waals surface area contributed by atoms with Crippen LogP contribution in [0, 0.1) is 0 Å². The number of carbonyl (C=O) groups excluding carboxylic acids is 1. The molecule has 2 aromatic rings. The van der Waals surface area contributed by atoms with Crippen LogP contribution in [0.5, 0.6) is 11.5 Å². The van der Waals surface area contributed by atoms with Gasteiger partial charge in [-0.05, 0) is 42.2 Å². The molecule has 0 radical (unpaired) electrons. The second-order valence-electron chi connectivity index (χ2n) is 5.75. The molecule has 0 unspecified atom stereocenters. The molecule has 4 nitrogen and oxygen atoms in total. The molecule has 126 valence electrons. The fourth-order valence-electron chi connectivity index (χ4n) is 2.99. The largest absolute Gasteiger partial charge is 0.493 e. The molecular weight excluding hydrogens is 322 g/mol. The highest BCUT2D eigenvalue weighted by Gasteiger charge is 2.22. The van der Waals surface area contributed by atoms with Gasteiger partial charge < -0.3 is 14.8 Å². The van der Waals surface area contributed by atoms with E-state index in [1.165, 1.54) is 22.9 Å². The molecule has 0 aromatic heterocycles. The molecule has 1 aliphatic carbocycles. The summed E-state index contributed by atoms with van der Waals surface area (Å²) in [6.07, 6.45) is 1.84. The number of amides is 1. The SMILES string of the molecule is COc1ccc(SCC(=O)NC2Cc3ccccc3C2)cc1OC. The molecular formula is C19H21NO3S. The van der Waals surface area contributed by atoms with Crippen molar-refractivity contribution < 1.29 is 14.3 Å². The van der Waals surface area contributed by atoms with Gasteiger partial charge in [-0.25, -0.2) is 0 Å². The molecule has 0 saturated carbocycles. The van der Waals surface area contributed by atoms with Gasteiger partial charge in [-0.1, -0.05) is 24.3 Å². The third-order valence-corrected chi connectivity index (χ3v) is 5.13. The maximum atomic E-state index is 12.2. The van der Waals surface area contributed by atoms with Crippen LogP contribution in [-0.2, 0) is 17.6 Å². The van der Waals surface area contributed by atoms with Gasteiger partial charge in [0.1, 0.15) is 0 Å². The fourth-order valence-corrected chi connectivity index (χ4v) is 3.72. The number of ether oxygens (including phenoxy) is 2. The Morgan fingerprint density at radius 3 is 2.38 bits per heavy atom. The van der Waals surface area contributed by atoms with Gasteiger partial charge in [0.2, 0.25) is 5.91 Å². The average Bonchev–Trinajstić information content (AvgIpc) is 3.01. The highest BCUT2D eigenvalue weighted by molar-refractivity contribution is 8.00. The van der Waals surface area contributed by atoms with Crippen molar-refractivity contribution in [3.8, 4) is 11.5 Å². The minimum atomic E-state index is 0.0626. The number of fused-ring (bicyclic) bond motifs is 1. The lowest BCUT2D eigenvalue weighted by Crippen LogP contribution is -2.36. The second-order valence-corrected chi connectivity index (χ2v) is 6.80. The molecule has 0 bridgehead atoms. The summed E-state index contributed by atoms with van der Waals surface area (Å²) in [6.45, 7) is 0. The Labute approximate surface area is 146 Å². The molecule has 0 aliphatic heterocycles. The number of nitrogens with one attached hydrogen (secondary N) is 1. The van der Waals surface area contributed by atoms with Crippen molar-refractivity contribution in [2.45, 2.75) is 23.8 Å². The third-order valence-electron chi connectivity index (χ3n) is 4.14. The zero-order valence-corrected chi connectivity index (χ0v) is 14.7. The molecule has 24 heavy (non-hydrogen) atoms. The van der Waals surface area contributed by atoms with Crippen LogP contribution in [0.1, 0.15) is 11.1 Å². The summed E-state index contributed by atoms with van der Waals surface area (Å²) in [5.41, 5.74) is 2.69. The number of benzene rings is 2. The Balaban J connectivity index is 1.52. The van der Waals surface area contributed by atoms with Crippen molar-refractivity contribution in [2.75, 3.05) is 20.0 Å². The summed E-state index contributed by atoms with van der Waals surface area (Å²) >= 11 is 1.50. The third kappa shape index (κ3) is 3.85. The fraction of sp³-hybridized carbons (Fsp3) is 0.316. The maximum absolute atomic E-state index is 12.2. The summed E-state index contributed by atoms with van der Waals surface area (Å²) in [7, 11) is 3.22. The smallest absolute Gasteiger partial charge is 0.230 e. The zero-order chi connectivity index (χ0) is 16.9. The van der Waals surface area contributed by atoms with Crippen molar-refractivity contribution in [3.05, 3.63) is 53.6 Å². The van der Waals surface area contributed by atoms with E-state index in [2.05, 4.69) is 29.6 Å². The molecule has 3 rings (SSSR count). The van der Waals surface area contributed by atoms with Crippen LogP contribution in [0.15, 0.2) is 47.4 Å². The van der Waals surface area contributed by atoms with E-state index < -0.39 is 0 Å². The molecule has 1 amide bonds. The molecule has 0 fully saturated rings. The first kappa shape index (κ1) is 16.7. The van der Waals surface area contributed by atoms with Crippen LogP contribution >= 0.6 is 11.8 Å². The summed E-state index contributed by atoms with van der Waals surface area (Å²) < 4.78 is 10.5. The summed E-state index contributed by atoms with van der Waals surface area (Å²) in [6, 6.07) is 14.3. The first-order valence-corrected chi connectivity index (χ1v) is 8.89. The number of hydrogen-bond donors (Lipinski definition) is 1. The number of hydrogen-bond acceptors (Lipinski definition) is 4. The van der Waals surface area contributed by atoms with E-state index in [1.807, 2.05) is 18.2 Å². The van der Waals surface area contributed by atoms with Crippen LogP contribution in [0.2, 0.25) is 0 Å². The van der Waals surface area contributed by atoms with E-state index in [4.69, 9.17) is 9.47 Å². The topological polar surface area (TPSA) is 47.6 Å². The summed E-state index contributed by atoms with van der Waals surface area (Å²) in [4.78, 5) is 13.2. The van der Waals surface area contributed by atoms with Gasteiger partial charge in [0.25, 0.3) is 0 Å². The first-order valence-electron chi connectivity index (χ1n) is 7.90. The molecule has 1 N–H and O–H groups in total. The van der Waals surface area contributed by atoms with Crippen LogP contribution in [0.3, 0.4) is 0 Å². The lowest BCUT2D eigenvalue weighted by atomic mass is 10.1. The van der Waals surface area contributed by atoms with Gasteiger partial charge in [-0.15, -0.1) is 11.8 Å². The van der Waals surface area contributed by atoms with E-state index in [0.717, 1.165) is 17.7 Å². The predicted octanol–water partition coefficient (Wildman–Crippen LogP) is 3.08. The van der Waals surface area contributed by atoms with Crippen LogP contribution in [0.4, 0.5) is 0 Å². The van der Waals surface area contributed by atoms with Gasteiger partial charge in [0, 0.05) is 10.9 Å². The van der Waals surface area contributed by atoms with Crippen molar-refractivity contribution in [1.82, 2.24) is 5.32 Å². The second kappa shape index (κ2) is 7.62. The maximum Gasteiger partial charge on any atom is 0.230 e. The molecule has 2 aromatic carbocycles. The predicted molar refractivity (Wildman–Crippen MR) is 96.1 cm³/mol. The number of rotatable bonds is 6. The van der Waals surface area contributed by atoms with Crippen LogP contribution in [0.25, 0.3) is 0 Å². The van der Waals surface area contributed by atoms with E-state index in [1.54, 1.807) is 14.2 Å². The van der Waals surface area contributed by atoms with Gasteiger partial charge in [0.05, 0.1) is 20.0 Å². The van der Waals surface area contributed by atoms with Crippen LogP contribution in [-0.4, -0.2) is 31.9 Å². The molecule has 1 aliphatic rings. The normalized spacial score (nSPS) is 13.4. The van der Waals surface area contributed by atoms with Crippen molar-refractivity contribution in [2.24, 2.45) is 0 Å². The Bertz CT molecular complexity index is 707. The minimum Gasteiger partial charge on any atom is -0.493 e. The van der Waals surface area contributed by atoms with Gasteiger partial charge >= 0.3 is 0 Å². The minimum absolute atomic E-state index is 0.0626. The highest BCUT2D eigenvalue weighted by atomic mass is 32.2. The number of carbonyl (C=O) groups is 1. The number of thioether (sulfide) groups is 1. The van der Waals surface area contributed by atoms with Crippen LogP contribution < -0.4 is 14.8 Å². The average molecular weight is 343 g/mol. The first-order chi connectivity index (χ1) is 11.7. The van der Waals surface area contributed by atoms with Crippen molar-refractivity contribution >= 4 is 17.7 Å². The van der Waals surface area contributed by atoms with Crippen molar-refractivity contribution in [1.29, 1.82) is 0 Å². The van der Waals surface area contributed by atoms with E-state index in [9.17, 15) is 4.79 Å². The highest BCUT2D eigenvalue weighted by Crippen LogP contribution is 2.31. The Morgan fingerprint density at radius 1 is 1.08 bits per heavy atom. The van der Waals surface area contributed by atoms with E-state index in [0.29, 0.717) is 17.3 Å². The van der Waals surface area contributed by atoms with Gasteiger partial charge in [-0.3, -0.25) is 4.79 Å². The summed E-state index contributed by atoms with van der Waals surface area (Å²) in [5.74, 6) is 1.82. The van der Waals surface area contributed by atoms with Crippen molar-refractivity contribution in [3.63, 3.8) is 0 Å². The standard InChI is InChI=1S/C19H21NO3S/c1-22-17-8-7-16(11-18(17)23-2)24-12-19(21)20-15-9-13-5-3-4-6-14(13)10-15/h3-8,11,15H,9-10,12H2,1-2H3,(H,20,21). The molecule has 0 saturated heterocycles. The Kier molecular flexibility index (Phi) is 5.30. The summed E-state index contributed by atoms with van der Waals surface area (Å²) in [5, 5.41) is 3.13. The molecule has 0 heterocycles. The Hall–Kier alpha value is -2.14. The van der Waals surface area contributed by atoms with E-state index in [-0.39, 0.29) is 11.9 Å². The molecule has 5 heteroatoms. The molecule has 0 spiro atoms. The van der Waals surface area contributed by atoms with Gasteiger partial charge in [-0.2, -0.15) is 0 Å². The monoisotopic (exact) mass is 343 g/mol. The van der Waals surface area contributed by atoms with E-state index >= 15 is 0 Å². The van der Waals surface area contributed by atoms with Gasteiger partial charge in [0.15, 0.2) is 11.5 Å². The quantitative estimate of drug-likeness (QED) is 0.819. The zero-order valence-electron chi connectivity index (χ0n) is 13.9.